The van der Waals surface area contributed by atoms with E-state index in [1.807, 2.05) is 0 Å². The van der Waals surface area contributed by atoms with Crippen molar-refractivity contribution in [1.29, 1.82) is 0 Å². The van der Waals surface area contributed by atoms with Crippen LogP contribution in [0, 0.1) is 12.7 Å². The summed E-state index contributed by atoms with van der Waals surface area (Å²) in [4.78, 5) is 31.9. The average Bonchev–Trinajstić information content (AvgIpc) is 2.77. The molecule has 4 rings (SSSR count). The quantitative estimate of drug-likeness (QED) is 0.666. The molecule has 1 amide bonds. The molecule has 6 nitrogen and oxygen atoms in total. The molecule has 0 bridgehead atoms. The lowest BCUT2D eigenvalue weighted by atomic mass is 10.1. The largest absolute Gasteiger partial charge is 0.350 e. The maximum absolute atomic E-state index is 13.7. The molecule has 0 spiro atoms. The van der Waals surface area contributed by atoms with Crippen molar-refractivity contribution in [3.63, 3.8) is 0 Å². The summed E-state index contributed by atoms with van der Waals surface area (Å²) in [5, 5.41) is 2.66. The van der Waals surface area contributed by atoms with Gasteiger partial charge in [-0.3, -0.25) is 19.1 Å². The Balaban J connectivity index is 1.42. The van der Waals surface area contributed by atoms with Gasteiger partial charge in [0.25, 0.3) is 5.56 Å². The molecule has 1 aromatic heterocycles. The molecule has 1 aliphatic rings. The first-order valence-corrected chi connectivity index (χ1v) is 10.3. The highest BCUT2D eigenvalue weighted by molar-refractivity contribution is 5.75. The highest BCUT2D eigenvalue weighted by atomic mass is 19.1. The molecule has 0 radical (unpaired) electrons. The maximum atomic E-state index is 13.7. The zero-order chi connectivity index (χ0) is 21.8. The predicted octanol–water partition coefficient (Wildman–Crippen LogP) is 2.57. The molecular formula is C24H25FN4O2. The molecule has 160 valence electrons. The minimum absolute atomic E-state index is 0.0724. The fourth-order valence-electron chi connectivity index (χ4n) is 3.75. The number of benzene rings is 2. The van der Waals surface area contributed by atoms with Gasteiger partial charge in [0, 0.05) is 38.2 Å². The minimum atomic E-state index is -0.371. The Morgan fingerprint density at radius 1 is 1.16 bits per heavy atom. The molecule has 0 aliphatic carbocycles. The highest BCUT2D eigenvalue weighted by Gasteiger charge is 2.22. The molecule has 2 aromatic carbocycles. The Kier molecular flexibility index (Phi) is 6.23. The summed E-state index contributed by atoms with van der Waals surface area (Å²) in [5.74, 6) is -0.733. The van der Waals surface area contributed by atoms with Gasteiger partial charge in [0.05, 0.1) is 17.6 Å². The summed E-state index contributed by atoms with van der Waals surface area (Å²) in [7, 11) is 0. The summed E-state index contributed by atoms with van der Waals surface area (Å²) in [5.41, 5.74) is 4.06. The fourth-order valence-corrected chi connectivity index (χ4v) is 3.75. The first-order valence-electron chi connectivity index (χ1n) is 10.3. The zero-order valence-electron chi connectivity index (χ0n) is 17.5. The van der Waals surface area contributed by atoms with Gasteiger partial charge in [-0.2, -0.15) is 0 Å². The molecule has 0 fully saturated rings. The number of aryl methyl sites for hydroxylation is 1. The molecule has 1 N–H and O–H groups in total. The lowest BCUT2D eigenvalue weighted by Crippen LogP contribution is -2.39. The van der Waals surface area contributed by atoms with Crippen LogP contribution in [-0.2, 0) is 37.4 Å². The van der Waals surface area contributed by atoms with Crippen LogP contribution in [0.15, 0.2) is 59.7 Å². The molecule has 0 saturated carbocycles. The molecule has 2 heterocycles. The third-order valence-corrected chi connectivity index (χ3v) is 5.54. The molecule has 0 saturated heterocycles. The molecule has 31 heavy (non-hydrogen) atoms. The Morgan fingerprint density at radius 3 is 2.71 bits per heavy atom. The van der Waals surface area contributed by atoms with E-state index in [9.17, 15) is 14.0 Å². The zero-order valence-corrected chi connectivity index (χ0v) is 17.5. The second kappa shape index (κ2) is 9.22. The summed E-state index contributed by atoms with van der Waals surface area (Å²) in [6.45, 7) is 4.08. The van der Waals surface area contributed by atoms with Gasteiger partial charge in [-0.15, -0.1) is 0 Å². The fraction of sp³-hybridized carbons (Fsp3) is 0.292. The normalized spacial score (nSPS) is 13.6. The van der Waals surface area contributed by atoms with Crippen molar-refractivity contribution in [2.75, 3.05) is 6.54 Å². The number of hydrogen-bond donors (Lipinski definition) is 1. The molecule has 1 aliphatic heterocycles. The van der Waals surface area contributed by atoms with Crippen molar-refractivity contribution in [3.8, 4) is 0 Å². The highest BCUT2D eigenvalue weighted by Crippen LogP contribution is 2.16. The van der Waals surface area contributed by atoms with Gasteiger partial charge in [-0.1, -0.05) is 48.0 Å². The van der Waals surface area contributed by atoms with Gasteiger partial charge in [0.2, 0.25) is 5.91 Å². The number of nitrogens with one attached hydrogen (secondary N) is 1. The third-order valence-electron chi connectivity index (χ3n) is 5.54. The number of carbonyl (C=O) groups is 1. The van der Waals surface area contributed by atoms with Crippen LogP contribution < -0.4 is 10.9 Å². The van der Waals surface area contributed by atoms with E-state index in [0.29, 0.717) is 24.1 Å². The van der Waals surface area contributed by atoms with Crippen molar-refractivity contribution in [2.24, 2.45) is 0 Å². The number of amides is 1. The van der Waals surface area contributed by atoms with Gasteiger partial charge in [0.15, 0.2) is 0 Å². The van der Waals surface area contributed by atoms with Crippen LogP contribution in [0.5, 0.6) is 0 Å². The number of nitrogens with zero attached hydrogens (tertiary/aromatic N) is 3. The van der Waals surface area contributed by atoms with Crippen molar-refractivity contribution in [2.45, 2.75) is 39.5 Å². The summed E-state index contributed by atoms with van der Waals surface area (Å²) in [6, 6.07) is 14.7. The van der Waals surface area contributed by atoms with Gasteiger partial charge in [-0.05, 0) is 18.6 Å². The number of hydrogen-bond acceptors (Lipinski definition) is 4. The SMILES string of the molecule is Cc1ccc(CN2CCc3ncn(CC(=O)NCc4ccccc4F)c(=O)c3C2)cc1. The molecular weight excluding hydrogens is 395 g/mol. The van der Waals surface area contributed by atoms with Gasteiger partial charge in [-0.25, -0.2) is 9.37 Å². The molecule has 3 aromatic rings. The van der Waals surface area contributed by atoms with Crippen LogP contribution in [0.3, 0.4) is 0 Å². The van der Waals surface area contributed by atoms with Crippen LogP contribution in [0.2, 0.25) is 0 Å². The van der Waals surface area contributed by atoms with Gasteiger partial charge >= 0.3 is 0 Å². The second-order valence-corrected chi connectivity index (χ2v) is 7.92. The molecule has 0 atom stereocenters. The van der Waals surface area contributed by atoms with Gasteiger partial charge < -0.3 is 5.32 Å². The second-order valence-electron chi connectivity index (χ2n) is 7.92. The van der Waals surface area contributed by atoms with Crippen molar-refractivity contribution < 1.29 is 9.18 Å². The third kappa shape index (κ3) is 5.06. The number of halogens is 1. The summed E-state index contributed by atoms with van der Waals surface area (Å²) >= 11 is 0. The summed E-state index contributed by atoms with van der Waals surface area (Å²) < 4.78 is 15.0. The van der Waals surface area contributed by atoms with Crippen molar-refractivity contribution >= 4 is 5.91 Å². The van der Waals surface area contributed by atoms with E-state index >= 15 is 0 Å². The van der Waals surface area contributed by atoms with Crippen LogP contribution in [-0.4, -0.2) is 26.9 Å². The number of carbonyl (C=O) groups excluding carboxylic acids is 1. The van der Waals surface area contributed by atoms with E-state index in [4.69, 9.17) is 0 Å². The lowest BCUT2D eigenvalue weighted by molar-refractivity contribution is -0.121. The van der Waals surface area contributed by atoms with Crippen LogP contribution in [0.25, 0.3) is 0 Å². The summed E-state index contributed by atoms with van der Waals surface area (Å²) in [6.07, 6.45) is 2.14. The first kappa shape index (κ1) is 20.9. The average molecular weight is 420 g/mol. The van der Waals surface area contributed by atoms with E-state index in [1.54, 1.807) is 18.2 Å². The van der Waals surface area contributed by atoms with Crippen molar-refractivity contribution in [1.82, 2.24) is 19.8 Å². The van der Waals surface area contributed by atoms with E-state index in [0.717, 1.165) is 18.8 Å². The smallest absolute Gasteiger partial charge is 0.258 e. The van der Waals surface area contributed by atoms with E-state index in [-0.39, 0.29) is 30.4 Å². The maximum Gasteiger partial charge on any atom is 0.258 e. The number of rotatable bonds is 6. The Morgan fingerprint density at radius 2 is 1.94 bits per heavy atom. The molecule has 0 unspecified atom stereocenters. The Labute approximate surface area is 180 Å². The predicted molar refractivity (Wildman–Crippen MR) is 116 cm³/mol. The Hall–Kier alpha value is -3.32. The van der Waals surface area contributed by atoms with Crippen LogP contribution >= 0.6 is 0 Å². The van der Waals surface area contributed by atoms with E-state index in [2.05, 4.69) is 46.4 Å². The van der Waals surface area contributed by atoms with Crippen LogP contribution in [0.1, 0.15) is 27.9 Å². The van der Waals surface area contributed by atoms with Gasteiger partial charge in [0.1, 0.15) is 12.4 Å². The lowest BCUT2D eigenvalue weighted by Gasteiger charge is -2.28. The van der Waals surface area contributed by atoms with E-state index in [1.165, 1.54) is 28.1 Å². The number of fused-ring (bicyclic) bond motifs is 1. The first-order chi connectivity index (χ1) is 15.0. The monoisotopic (exact) mass is 420 g/mol. The standard InChI is InChI=1S/C24H25FN4O2/c1-17-6-8-18(9-7-17)13-28-11-10-22-20(14-28)24(31)29(16-27-22)15-23(30)26-12-19-4-2-3-5-21(19)25/h2-9,16H,10-15H2,1H3,(H,26,30). The minimum Gasteiger partial charge on any atom is -0.350 e. The molecule has 7 heteroatoms. The topological polar surface area (TPSA) is 67.2 Å². The van der Waals surface area contributed by atoms with Crippen molar-refractivity contribution in [3.05, 3.63) is 99.0 Å². The number of aromatic nitrogens is 2. The Bertz CT molecular complexity index is 1140. The van der Waals surface area contributed by atoms with E-state index < -0.39 is 0 Å². The van der Waals surface area contributed by atoms with Crippen LogP contribution in [0.4, 0.5) is 4.39 Å².